The molecule has 2 aromatic rings. The van der Waals surface area contributed by atoms with Gasteiger partial charge in [0.15, 0.2) is 0 Å². The Hall–Kier alpha value is -0.750. The van der Waals surface area contributed by atoms with Crippen LogP contribution in [0.1, 0.15) is 34.9 Å². The number of phenols is 1. The number of hydrogen-bond donors (Lipinski definition) is 2. The summed E-state index contributed by atoms with van der Waals surface area (Å²) in [5, 5.41) is 13.1. The maximum atomic E-state index is 9.48. The molecule has 1 heterocycles. The molecule has 0 saturated carbocycles. The number of hydrogen-bond acceptors (Lipinski definition) is 3. The molecule has 2 N–H and O–H groups in total. The van der Waals surface area contributed by atoms with Crippen LogP contribution in [0, 0.1) is 9.81 Å². The van der Waals surface area contributed by atoms with Crippen molar-refractivity contribution in [3.63, 3.8) is 0 Å². The van der Waals surface area contributed by atoms with E-state index in [9.17, 15) is 5.11 Å². The van der Waals surface area contributed by atoms with Crippen LogP contribution in [0.3, 0.4) is 0 Å². The fourth-order valence-corrected chi connectivity index (χ4v) is 4.79. The van der Waals surface area contributed by atoms with Crippen molar-refractivity contribution in [3.05, 3.63) is 43.2 Å². The number of halogens is 1. The standard InChI is InChI=1S/C15H16INOS/c1-9-7-10(18)5-6-12(9)17-13-3-2-4-14-11(13)8-15(16)19-14/h5-8,13,17-18H,2-4H2,1H3. The minimum Gasteiger partial charge on any atom is -0.508 e. The van der Waals surface area contributed by atoms with Gasteiger partial charge in [-0.2, -0.15) is 0 Å². The summed E-state index contributed by atoms with van der Waals surface area (Å²) < 4.78 is 1.37. The third-order valence-corrected chi connectivity index (χ3v) is 5.59. The van der Waals surface area contributed by atoms with E-state index in [-0.39, 0.29) is 0 Å². The highest BCUT2D eigenvalue weighted by Gasteiger charge is 2.22. The molecule has 1 unspecified atom stereocenters. The number of thiophene rings is 1. The average Bonchev–Trinajstić information content (AvgIpc) is 2.74. The number of rotatable bonds is 2. The van der Waals surface area contributed by atoms with Gasteiger partial charge < -0.3 is 10.4 Å². The fourth-order valence-electron chi connectivity index (χ4n) is 2.67. The van der Waals surface area contributed by atoms with E-state index in [4.69, 9.17) is 0 Å². The lowest BCUT2D eigenvalue weighted by atomic mass is 9.93. The molecule has 0 aliphatic heterocycles. The molecule has 1 aromatic heterocycles. The summed E-state index contributed by atoms with van der Waals surface area (Å²) in [6, 6.07) is 8.25. The van der Waals surface area contributed by atoms with E-state index >= 15 is 0 Å². The number of anilines is 1. The molecule has 3 rings (SSSR count). The Labute approximate surface area is 131 Å². The molecule has 1 atom stereocenters. The van der Waals surface area contributed by atoms with Crippen molar-refractivity contribution < 1.29 is 5.11 Å². The summed E-state index contributed by atoms with van der Waals surface area (Å²) in [4.78, 5) is 1.53. The van der Waals surface area contributed by atoms with Crippen molar-refractivity contribution in [3.8, 4) is 5.75 Å². The maximum Gasteiger partial charge on any atom is 0.115 e. The second kappa shape index (κ2) is 5.32. The van der Waals surface area contributed by atoms with Crippen molar-refractivity contribution in [2.45, 2.75) is 32.2 Å². The lowest BCUT2D eigenvalue weighted by molar-refractivity contribution is 0.475. The van der Waals surface area contributed by atoms with Crippen molar-refractivity contribution >= 4 is 39.6 Å². The molecule has 0 fully saturated rings. The molecule has 19 heavy (non-hydrogen) atoms. The summed E-state index contributed by atoms with van der Waals surface area (Å²) in [5.74, 6) is 0.331. The van der Waals surface area contributed by atoms with Crippen molar-refractivity contribution in [2.24, 2.45) is 0 Å². The first-order valence-electron chi connectivity index (χ1n) is 6.48. The highest BCUT2D eigenvalue weighted by atomic mass is 127. The summed E-state index contributed by atoms with van der Waals surface area (Å²) in [6.07, 6.45) is 3.65. The Kier molecular flexibility index (Phi) is 3.71. The predicted octanol–water partition coefficient (Wildman–Crippen LogP) is 4.86. The zero-order valence-electron chi connectivity index (χ0n) is 10.7. The van der Waals surface area contributed by atoms with Crippen LogP contribution in [0.15, 0.2) is 24.3 Å². The molecule has 0 spiro atoms. The van der Waals surface area contributed by atoms with Crippen LogP contribution < -0.4 is 5.32 Å². The number of benzene rings is 1. The van der Waals surface area contributed by atoms with Crippen molar-refractivity contribution in [1.29, 1.82) is 0 Å². The Morgan fingerprint density at radius 1 is 1.37 bits per heavy atom. The van der Waals surface area contributed by atoms with E-state index in [1.165, 1.54) is 32.6 Å². The van der Waals surface area contributed by atoms with Gasteiger partial charge in [0.05, 0.1) is 8.93 Å². The molecular weight excluding hydrogens is 369 g/mol. The minimum absolute atomic E-state index is 0.331. The van der Waals surface area contributed by atoms with E-state index in [2.05, 4.69) is 34.0 Å². The van der Waals surface area contributed by atoms with Crippen molar-refractivity contribution in [1.82, 2.24) is 0 Å². The lowest BCUT2D eigenvalue weighted by Crippen LogP contribution is -2.16. The highest BCUT2D eigenvalue weighted by molar-refractivity contribution is 14.1. The monoisotopic (exact) mass is 385 g/mol. The van der Waals surface area contributed by atoms with Gasteiger partial charge in [-0.15, -0.1) is 11.3 Å². The zero-order chi connectivity index (χ0) is 13.4. The molecule has 1 aromatic carbocycles. The third kappa shape index (κ3) is 2.74. The van der Waals surface area contributed by atoms with Gasteiger partial charge in [-0.3, -0.25) is 0 Å². The van der Waals surface area contributed by atoms with E-state index in [0.29, 0.717) is 11.8 Å². The molecule has 4 heteroatoms. The average molecular weight is 385 g/mol. The number of fused-ring (bicyclic) bond motifs is 1. The number of aromatic hydroxyl groups is 1. The van der Waals surface area contributed by atoms with Crippen LogP contribution >= 0.6 is 33.9 Å². The maximum absolute atomic E-state index is 9.48. The summed E-state index contributed by atoms with van der Waals surface area (Å²) in [6.45, 7) is 2.03. The number of phenolic OH excluding ortho intramolecular Hbond substituents is 1. The van der Waals surface area contributed by atoms with E-state index < -0.39 is 0 Å². The largest absolute Gasteiger partial charge is 0.508 e. The van der Waals surface area contributed by atoms with Crippen LogP contribution in [0.4, 0.5) is 5.69 Å². The van der Waals surface area contributed by atoms with Crippen LogP contribution in [-0.2, 0) is 6.42 Å². The summed E-state index contributed by atoms with van der Waals surface area (Å²) >= 11 is 4.33. The summed E-state index contributed by atoms with van der Waals surface area (Å²) in [7, 11) is 0. The molecule has 1 aliphatic rings. The smallest absolute Gasteiger partial charge is 0.115 e. The van der Waals surface area contributed by atoms with Crippen LogP contribution in [0.25, 0.3) is 0 Å². The Balaban J connectivity index is 1.88. The predicted molar refractivity (Wildman–Crippen MR) is 89.2 cm³/mol. The zero-order valence-corrected chi connectivity index (χ0v) is 13.7. The van der Waals surface area contributed by atoms with E-state index in [1.54, 1.807) is 6.07 Å². The van der Waals surface area contributed by atoms with Gasteiger partial charge in [0, 0.05) is 10.6 Å². The number of nitrogens with one attached hydrogen (secondary N) is 1. The molecule has 100 valence electrons. The summed E-state index contributed by atoms with van der Waals surface area (Å²) in [5.41, 5.74) is 3.68. The molecular formula is C15H16INOS. The Bertz CT molecular complexity index is 608. The van der Waals surface area contributed by atoms with Crippen LogP contribution in [-0.4, -0.2) is 5.11 Å². The van der Waals surface area contributed by atoms with Crippen LogP contribution in [0.2, 0.25) is 0 Å². The highest BCUT2D eigenvalue weighted by Crippen LogP contribution is 2.38. The molecule has 0 amide bonds. The Morgan fingerprint density at radius 2 is 2.21 bits per heavy atom. The van der Waals surface area contributed by atoms with Gasteiger partial charge in [-0.05, 0) is 84.2 Å². The molecule has 0 radical (unpaired) electrons. The first-order chi connectivity index (χ1) is 9.13. The Morgan fingerprint density at radius 3 is 3.00 bits per heavy atom. The molecule has 0 bridgehead atoms. The lowest BCUT2D eigenvalue weighted by Gasteiger charge is -2.25. The van der Waals surface area contributed by atoms with Crippen LogP contribution in [0.5, 0.6) is 5.75 Å². The van der Waals surface area contributed by atoms with Crippen molar-refractivity contribution in [2.75, 3.05) is 5.32 Å². The quantitative estimate of drug-likeness (QED) is 0.572. The minimum atomic E-state index is 0.331. The second-order valence-electron chi connectivity index (χ2n) is 5.02. The van der Waals surface area contributed by atoms with E-state index in [0.717, 1.165) is 11.3 Å². The van der Waals surface area contributed by atoms with Gasteiger partial charge in [0.2, 0.25) is 0 Å². The second-order valence-corrected chi connectivity index (χ2v) is 8.05. The first kappa shape index (κ1) is 13.2. The topological polar surface area (TPSA) is 32.3 Å². The molecule has 0 saturated heterocycles. The normalized spacial score (nSPS) is 18.1. The SMILES string of the molecule is Cc1cc(O)ccc1NC1CCCc2sc(I)cc21. The van der Waals surface area contributed by atoms with Gasteiger partial charge in [0.25, 0.3) is 0 Å². The number of aryl methyl sites for hydroxylation is 2. The fraction of sp³-hybridized carbons (Fsp3) is 0.333. The van der Waals surface area contributed by atoms with Gasteiger partial charge >= 0.3 is 0 Å². The van der Waals surface area contributed by atoms with Gasteiger partial charge in [0.1, 0.15) is 5.75 Å². The van der Waals surface area contributed by atoms with Gasteiger partial charge in [-0.1, -0.05) is 0 Å². The third-order valence-electron chi connectivity index (χ3n) is 3.62. The van der Waals surface area contributed by atoms with Gasteiger partial charge in [-0.25, -0.2) is 0 Å². The molecule has 2 nitrogen and oxygen atoms in total. The molecule has 1 aliphatic carbocycles. The van der Waals surface area contributed by atoms with E-state index in [1.807, 2.05) is 30.4 Å². The first-order valence-corrected chi connectivity index (χ1v) is 8.37.